The number of hydrogen-bond donors (Lipinski definition) is 0. The van der Waals surface area contributed by atoms with E-state index >= 15 is 0 Å². The van der Waals surface area contributed by atoms with Crippen LogP contribution in [0.2, 0.25) is 0 Å². The molecule has 0 aromatic heterocycles. The van der Waals surface area contributed by atoms with Crippen molar-refractivity contribution in [1.82, 2.24) is 0 Å². The fourth-order valence-corrected chi connectivity index (χ4v) is 3.04. The van der Waals surface area contributed by atoms with Gasteiger partial charge in [-0.2, -0.15) is 0 Å². The maximum atomic E-state index is 11.6. The number of fused-ring (bicyclic) bond motifs is 1. The second-order valence-corrected chi connectivity index (χ2v) is 6.59. The normalized spacial score (nSPS) is 15.6. The lowest BCUT2D eigenvalue weighted by Crippen LogP contribution is -2.33. The molecule has 1 aliphatic rings. The highest BCUT2D eigenvalue weighted by molar-refractivity contribution is 7.99. The fraction of sp³-hybridized carbons (Fsp3) is 0.500. The molecular weight excluding hydrogens is 230 g/mol. The largest absolute Gasteiger partial charge is 0.311 e. The number of benzene rings is 1. The molecule has 1 amide bonds. The average molecular weight is 249 g/mol. The summed E-state index contributed by atoms with van der Waals surface area (Å²) in [4.78, 5) is 14.7. The quantitative estimate of drug-likeness (QED) is 0.702. The Morgan fingerprint density at radius 3 is 2.65 bits per heavy atom. The molecule has 1 aliphatic heterocycles. The first-order valence-corrected chi connectivity index (χ1v) is 6.93. The highest BCUT2D eigenvalue weighted by atomic mass is 32.2. The Morgan fingerprint density at radius 1 is 1.35 bits per heavy atom. The van der Waals surface area contributed by atoms with Gasteiger partial charge in [-0.1, -0.05) is 26.8 Å². The van der Waals surface area contributed by atoms with E-state index < -0.39 is 0 Å². The minimum atomic E-state index is 0.134. The van der Waals surface area contributed by atoms with E-state index in [0.717, 1.165) is 18.0 Å². The van der Waals surface area contributed by atoms with Gasteiger partial charge in [0.05, 0.1) is 5.69 Å². The van der Waals surface area contributed by atoms with Gasteiger partial charge >= 0.3 is 0 Å². The maximum Gasteiger partial charge on any atom is 0.223 e. The molecule has 0 bridgehead atoms. The lowest BCUT2D eigenvalue weighted by atomic mass is 9.87. The highest BCUT2D eigenvalue weighted by Crippen LogP contribution is 2.37. The van der Waals surface area contributed by atoms with E-state index in [-0.39, 0.29) is 11.3 Å². The summed E-state index contributed by atoms with van der Waals surface area (Å²) in [5.74, 6) is 1.12. The molecule has 0 atom stereocenters. The molecule has 1 heterocycles. The van der Waals surface area contributed by atoms with Crippen LogP contribution in [0.1, 0.15) is 33.3 Å². The van der Waals surface area contributed by atoms with Crippen LogP contribution in [0.25, 0.3) is 0 Å². The third kappa shape index (κ3) is 2.49. The van der Waals surface area contributed by atoms with Crippen LogP contribution < -0.4 is 4.90 Å². The van der Waals surface area contributed by atoms with Crippen molar-refractivity contribution in [3.8, 4) is 0 Å². The van der Waals surface area contributed by atoms with Crippen LogP contribution in [-0.4, -0.2) is 18.2 Å². The summed E-state index contributed by atoms with van der Waals surface area (Å²) >= 11 is 1.85. The monoisotopic (exact) mass is 249 g/mol. The first kappa shape index (κ1) is 12.5. The number of thioether (sulfide) groups is 1. The molecule has 0 fully saturated rings. The smallest absolute Gasteiger partial charge is 0.223 e. The van der Waals surface area contributed by atoms with Crippen LogP contribution in [0.5, 0.6) is 0 Å². The Morgan fingerprint density at radius 2 is 2.06 bits per heavy atom. The Balaban J connectivity index is 2.43. The molecule has 0 saturated heterocycles. The molecule has 2 rings (SSSR count). The SMILES string of the molecule is CC(=O)N1CCSc2cc(C(C)(C)C)ccc21. The lowest BCUT2D eigenvalue weighted by Gasteiger charge is -2.30. The van der Waals surface area contributed by atoms with Crippen LogP contribution in [0.15, 0.2) is 23.1 Å². The number of rotatable bonds is 0. The molecular formula is C14H19NOS. The van der Waals surface area contributed by atoms with E-state index in [9.17, 15) is 4.79 Å². The molecule has 3 heteroatoms. The van der Waals surface area contributed by atoms with Crippen molar-refractivity contribution in [2.45, 2.75) is 38.0 Å². The zero-order valence-corrected chi connectivity index (χ0v) is 11.7. The van der Waals surface area contributed by atoms with Crippen LogP contribution in [0.3, 0.4) is 0 Å². The van der Waals surface area contributed by atoms with Crippen molar-refractivity contribution in [1.29, 1.82) is 0 Å². The van der Waals surface area contributed by atoms with Crippen molar-refractivity contribution < 1.29 is 4.79 Å². The van der Waals surface area contributed by atoms with Gasteiger partial charge in [0.25, 0.3) is 0 Å². The van der Waals surface area contributed by atoms with Crippen molar-refractivity contribution in [3.05, 3.63) is 23.8 Å². The van der Waals surface area contributed by atoms with Gasteiger partial charge in [-0.25, -0.2) is 0 Å². The molecule has 2 nitrogen and oxygen atoms in total. The average Bonchev–Trinajstić information content (AvgIpc) is 2.26. The molecule has 0 saturated carbocycles. The standard InChI is InChI=1S/C14H19NOS/c1-10(16)15-7-8-17-13-9-11(14(2,3)4)5-6-12(13)15/h5-6,9H,7-8H2,1-4H3. The maximum absolute atomic E-state index is 11.6. The molecule has 0 radical (unpaired) electrons. The summed E-state index contributed by atoms with van der Waals surface area (Å²) < 4.78 is 0. The van der Waals surface area contributed by atoms with Crippen molar-refractivity contribution >= 4 is 23.4 Å². The summed E-state index contributed by atoms with van der Waals surface area (Å²) in [6.07, 6.45) is 0. The molecule has 92 valence electrons. The number of carbonyl (C=O) groups is 1. The van der Waals surface area contributed by atoms with Crippen LogP contribution >= 0.6 is 11.8 Å². The van der Waals surface area contributed by atoms with Gasteiger partial charge in [0.2, 0.25) is 5.91 Å². The van der Waals surface area contributed by atoms with E-state index in [1.165, 1.54) is 10.5 Å². The Labute approximate surface area is 107 Å². The number of carbonyl (C=O) groups excluding carboxylic acids is 1. The first-order valence-electron chi connectivity index (χ1n) is 5.95. The van der Waals surface area contributed by atoms with Gasteiger partial charge in [0.1, 0.15) is 0 Å². The Bertz CT molecular complexity index is 448. The fourth-order valence-electron chi connectivity index (χ4n) is 2.01. The summed E-state index contributed by atoms with van der Waals surface area (Å²) in [5.41, 5.74) is 2.56. The molecule has 0 spiro atoms. The molecule has 0 N–H and O–H groups in total. The Hall–Kier alpha value is -0.960. The van der Waals surface area contributed by atoms with Crippen LogP contribution in [0, 0.1) is 0 Å². The van der Waals surface area contributed by atoms with E-state index in [1.54, 1.807) is 6.92 Å². The summed E-state index contributed by atoms with van der Waals surface area (Å²) in [6, 6.07) is 6.46. The van der Waals surface area contributed by atoms with E-state index in [2.05, 4.69) is 39.0 Å². The van der Waals surface area contributed by atoms with Gasteiger partial charge in [-0.05, 0) is 23.1 Å². The van der Waals surface area contributed by atoms with Gasteiger partial charge in [0.15, 0.2) is 0 Å². The number of hydrogen-bond acceptors (Lipinski definition) is 2. The van der Waals surface area contributed by atoms with Crippen molar-refractivity contribution in [2.75, 3.05) is 17.2 Å². The highest BCUT2D eigenvalue weighted by Gasteiger charge is 2.22. The number of amides is 1. The third-order valence-electron chi connectivity index (χ3n) is 3.07. The van der Waals surface area contributed by atoms with Gasteiger partial charge in [-0.15, -0.1) is 11.8 Å². The van der Waals surface area contributed by atoms with E-state index in [1.807, 2.05) is 16.7 Å². The third-order valence-corrected chi connectivity index (χ3v) is 4.09. The van der Waals surface area contributed by atoms with E-state index in [0.29, 0.717) is 0 Å². The summed E-state index contributed by atoms with van der Waals surface area (Å²) in [6.45, 7) is 9.10. The predicted octanol–water partition coefficient (Wildman–Crippen LogP) is 3.44. The van der Waals surface area contributed by atoms with Crippen LogP contribution in [0.4, 0.5) is 5.69 Å². The van der Waals surface area contributed by atoms with E-state index in [4.69, 9.17) is 0 Å². The first-order chi connectivity index (χ1) is 7.89. The second kappa shape index (κ2) is 4.37. The summed E-state index contributed by atoms with van der Waals surface area (Å²) in [5, 5.41) is 0. The van der Waals surface area contributed by atoms with Gasteiger partial charge in [-0.3, -0.25) is 4.79 Å². The van der Waals surface area contributed by atoms with Gasteiger partial charge < -0.3 is 4.90 Å². The molecule has 0 aliphatic carbocycles. The summed E-state index contributed by atoms with van der Waals surface area (Å²) in [7, 11) is 0. The molecule has 1 aromatic carbocycles. The van der Waals surface area contributed by atoms with Crippen LogP contribution in [-0.2, 0) is 10.2 Å². The number of anilines is 1. The topological polar surface area (TPSA) is 20.3 Å². The zero-order valence-electron chi connectivity index (χ0n) is 10.9. The number of nitrogens with zero attached hydrogens (tertiary/aromatic N) is 1. The van der Waals surface area contributed by atoms with Gasteiger partial charge in [0, 0.05) is 24.1 Å². The van der Waals surface area contributed by atoms with Crippen molar-refractivity contribution in [3.63, 3.8) is 0 Å². The second-order valence-electron chi connectivity index (χ2n) is 5.45. The minimum Gasteiger partial charge on any atom is -0.311 e. The zero-order chi connectivity index (χ0) is 12.6. The molecule has 1 aromatic rings. The molecule has 0 unspecified atom stereocenters. The predicted molar refractivity (Wildman–Crippen MR) is 73.9 cm³/mol. The Kier molecular flexibility index (Phi) is 3.21. The minimum absolute atomic E-state index is 0.134. The van der Waals surface area contributed by atoms with Crippen molar-refractivity contribution in [2.24, 2.45) is 0 Å². The lowest BCUT2D eigenvalue weighted by molar-refractivity contribution is -0.116. The molecule has 17 heavy (non-hydrogen) atoms.